The third kappa shape index (κ3) is 4.76. The Balaban J connectivity index is 1.70. The van der Waals surface area contributed by atoms with E-state index in [0.717, 1.165) is 17.8 Å². The molecule has 1 atom stereocenters. The van der Waals surface area contributed by atoms with Gasteiger partial charge in [-0.3, -0.25) is 4.79 Å². The van der Waals surface area contributed by atoms with Gasteiger partial charge in [-0.15, -0.1) is 10.2 Å². The van der Waals surface area contributed by atoms with Crippen LogP contribution in [0.1, 0.15) is 54.9 Å². The van der Waals surface area contributed by atoms with Gasteiger partial charge in [-0.2, -0.15) is 4.31 Å². The lowest BCUT2D eigenvalue weighted by molar-refractivity contribution is 0.101. The molecule has 1 aromatic carbocycles. The number of piperidine rings is 1. The quantitative estimate of drug-likeness (QED) is 0.688. The molecule has 7 nitrogen and oxygen atoms in total. The third-order valence-electron chi connectivity index (χ3n) is 4.75. The largest absolute Gasteiger partial charge is 0.353 e. The molecular formula is C19H26N4O3S2. The number of anilines is 1. The molecule has 0 saturated carbocycles. The van der Waals surface area contributed by atoms with Crippen molar-refractivity contribution in [1.82, 2.24) is 14.5 Å². The smallest absolute Gasteiger partial charge is 0.243 e. The topological polar surface area (TPSA) is 92.3 Å². The second-order valence-corrected chi connectivity index (χ2v) is 10.5. The van der Waals surface area contributed by atoms with Crippen LogP contribution in [0.15, 0.2) is 29.2 Å². The van der Waals surface area contributed by atoms with Gasteiger partial charge < -0.3 is 5.32 Å². The highest BCUT2D eigenvalue weighted by molar-refractivity contribution is 7.89. The first-order chi connectivity index (χ1) is 13.3. The van der Waals surface area contributed by atoms with E-state index < -0.39 is 10.0 Å². The minimum absolute atomic E-state index is 0.0387. The summed E-state index contributed by atoms with van der Waals surface area (Å²) in [5.41, 5.74) is 0.368. The zero-order valence-corrected chi connectivity index (χ0v) is 18.0. The van der Waals surface area contributed by atoms with Gasteiger partial charge >= 0.3 is 0 Å². The van der Waals surface area contributed by atoms with Crippen molar-refractivity contribution in [3.05, 3.63) is 34.8 Å². The molecule has 1 unspecified atom stereocenters. The van der Waals surface area contributed by atoms with E-state index >= 15 is 0 Å². The number of benzene rings is 1. The number of Topliss-reactive ketones (excluding diaryl/α,β-unsaturated/α-hetero) is 1. The first kappa shape index (κ1) is 20.9. The van der Waals surface area contributed by atoms with E-state index in [-0.39, 0.29) is 23.1 Å². The summed E-state index contributed by atoms with van der Waals surface area (Å²) in [5.74, 6) is 0.439. The molecule has 0 bridgehead atoms. The summed E-state index contributed by atoms with van der Waals surface area (Å²) in [4.78, 5) is 12.7. The van der Waals surface area contributed by atoms with Crippen LogP contribution in [-0.4, -0.2) is 48.3 Å². The lowest BCUT2D eigenvalue weighted by atomic mass is 10.0. The van der Waals surface area contributed by atoms with Crippen LogP contribution in [0.4, 0.5) is 5.13 Å². The number of aromatic nitrogens is 2. The normalized spacial score (nSPS) is 18.4. The number of carbonyl (C=O) groups excluding carboxylic acids is 1. The van der Waals surface area contributed by atoms with Crippen LogP contribution in [0, 0.1) is 5.92 Å². The Kier molecular flexibility index (Phi) is 6.47. The molecule has 0 radical (unpaired) electrons. The SMILES string of the molecule is CC1CCCN(S(=O)(=O)c2cccc(C(=O)CNc3nnc(C(C)C)s3)c2)C1. The van der Waals surface area contributed by atoms with Crippen molar-refractivity contribution in [1.29, 1.82) is 0 Å². The number of hydrogen-bond donors (Lipinski definition) is 1. The summed E-state index contributed by atoms with van der Waals surface area (Å²) in [6.07, 6.45) is 1.91. The number of rotatable bonds is 7. The number of nitrogens with one attached hydrogen (secondary N) is 1. The van der Waals surface area contributed by atoms with Gasteiger partial charge in [0.2, 0.25) is 15.2 Å². The summed E-state index contributed by atoms with van der Waals surface area (Å²) < 4.78 is 27.4. The van der Waals surface area contributed by atoms with Gasteiger partial charge in [-0.25, -0.2) is 8.42 Å². The molecule has 1 saturated heterocycles. The number of sulfonamides is 1. The average Bonchev–Trinajstić information content (AvgIpc) is 3.15. The number of carbonyl (C=O) groups is 1. The first-order valence-corrected chi connectivity index (χ1v) is 11.7. The summed E-state index contributed by atoms with van der Waals surface area (Å²) in [6.45, 7) is 7.22. The summed E-state index contributed by atoms with van der Waals surface area (Å²) in [6, 6.07) is 6.29. The van der Waals surface area contributed by atoms with E-state index in [9.17, 15) is 13.2 Å². The minimum atomic E-state index is -3.58. The minimum Gasteiger partial charge on any atom is -0.353 e. The molecule has 1 aliphatic heterocycles. The molecule has 3 rings (SSSR count). The number of nitrogens with zero attached hydrogens (tertiary/aromatic N) is 3. The van der Waals surface area contributed by atoms with E-state index in [1.807, 2.05) is 13.8 Å². The van der Waals surface area contributed by atoms with Crippen molar-refractivity contribution in [2.45, 2.75) is 44.4 Å². The van der Waals surface area contributed by atoms with Crippen molar-refractivity contribution in [3.63, 3.8) is 0 Å². The number of ketones is 1. The van der Waals surface area contributed by atoms with E-state index in [2.05, 4.69) is 22.4 Å². The van der Waals surface area contributed by atoms with Crippen molar-refractivity contribution < 1.29 is 13.2 Å². The Hall–Kier alpha value is -1.84. The van der Waals surface area contributed by atoms with Crippen LogP contribution in [0.2, 0.25) is 0 Å². The highest BCUT2D eigenvalue weighted by Crippen LogP contribution is 2.25. The van der Waals surface area contributed by atoms with Gasteiger partial charge in [-0.05, 0) is 30.9 Å². The van der Waals surface area contributed by atoms with E-state index in [1.54, 1.807) is 18.2 Å². The third-order valence-corrected chi connectivity index (χ3v) is 7.79. The molecule has 1 N–H and O–H groups in total. The lowest BCUT2D eigenvalue weighted by Gasteiger charge is -2.30. The molecule has 1 fully saturated rings. The molecule has 0 amide bonds. The van der Waals surface area contributed by atoms with E-state index in [1.165, 1.54) is 21.7 Å². The fourth-order valence-electron chi connectivity index (χ4n) is 3.14. The van der Waals surface area contributed by atoms with E-state index in [0.29, 0.717) is 29.7 Å². The number of hydrogen-bond acceptors (Lipinski definition) is 7. The maximum Gasteiger partial charge on any atom is 0.243 e. The maximum absolute atomic E-state index is 12.9. The summed E-state index contributed by atoms with van der Waals surface area (Å²) in [7, 11) is -3.58. The predicted octanol–water partition coefficient (Wildman–Crippen LogP) is 3.38. The second-order valence-electron chi connectivity index (χ2n) is 7.52. The fraction of sp³-hybridized carbons (Fsp3) is 0.526. The molecule has 152 valence electrons. The molecule has 2 heterocycles. The highest BCUT2D eigenvalue weighted by atomic mass is 32.2. The standard InChI is InChI=1S/C19H26N4O3S2/c1-13(2)18-21-22-19(27-18)20-11-17(24)15-7-4-8-16(10-15)28(25,26)23-9-5-6-14(3)12-23/h4,7-8,10,13-14H,5-6,9,11-12H2,1-3H3,(H,20,22). The van der Waals surface area contributed by atoms with Crippen LogP contribution >= 0.6 is 11.3 Å². The molecule has 9 heteroatoms. The van der Waals surface area contributed by atoms with Crippen LogP contribution in [0.25, 0.3) is 0 Å². The van der Waals surface area contributed by atoms with Gasteiger partial charge in [0.25, 0.3) is 0 Å². The zero-order chi connectivity index (χ0) is 20.3. The van der Waals surface area contributed by atoms with Gasteiger partial charge in [-0.1, -0.05) is 44.2 Å². The molecule has 1 aromatic heterocycles. The van der Waals surface area contributed by atoms with Crippen molar-refractivity contribution in [2.75, 3.05) is 25.0 Å². The lowest BCUT2D eigenvalue weighted by Crippen LogP contribution is -2.39. The van der Waals surface area contributed by atoms with Crippen molar-refractivity contribution >= 4 is 32.3 Å². The molecule has 2 aromatic rings. The molecule has 28 heavy (non-hydrogen) atoms. The van der Waals surface area contributed by atoms with Crippen molar-refractivity contribution in [3.8, 4) is 0 Å². The molecule has 0 aliphatic carbocycles. The zero-order valence-electron chi connectivity index (χ0n) is 16.4. The average molecular weight is 423 g/mol. The Labute approximate surface area is 170 Å². The Morgan fingerprint density at radius 3 is 2.82 bits per heavy atom. The van der Waals surface area contributed by atoms with Crippen molar-refractivity contribution in [2.24, 2.45) is 5.92 Å². The van der Waals surface area contributed by atoms with Gasteiger partial charge in [0.1, 0.15) is 5.01 Å². The monoisotopic (exact) mass is 422 g/mol. The molecular weight excluding hydrogens is 396 g/mol. The Morgan fingerprint density at radius 1 is 1.36 bits per heavy atom. The fourth-order valence-corrected chi connectivity index (χ4v) is 5.53. The Morgan fingerprint density at radius 2 is 2.14 bits per heavy atom. The van der Waals surface area contributed by atoms with Crippen LogP contribution in [0.5, 0.6) is 0 Å². The molecule has 0 spiro atoms. The summed E-state index contributed by atoms with van der Waals surface area (Å²) in [5, 5.41) is 12.6. The highest BCUT2D eigenvalue weighted by Gasteiger charge is 2.29. The predicted molar refractivity (Wildman–Crippen MR) is 110 cm³/mol. The Bertz CT molecular complexity index is 940. The second kappa shape index (κ2) is 8.67. The van der Waals surface area contributed by atoms with Gasteiger partial charge in [0.05, 0.1) is 11.4 Å². The molecule has 1 aliphatic rings. The first-order valence-electron chi connectivity index (χ1n) is 9.48. The van der Waals surface area contributed by atoms with Gasteiger partial charge in [0.15, 0.2) is 5.78 Å². The van der Waals surface area contributed by atoms with Gasteiger partial charge in [0, 0.05) is 24.6 Å². The van der Waals surface area contributed by atoms with Crippen LogP contribution in [0.3, 0.4) is 0 Å². The maximum atomic E-state index is 12.9. The van der Waals surface area contributed by atoms with Crippen LogP contribution < -0.4 is 5.32 Å². The van der Waals surface area contributed by atoms with E-state index in [4.69, 9.17) is 0 Å². The summed E-state index contributed by atoms with van der Waals surface area (Å²) >= 11 is 1.42. The van der Waals surface area contributed by atoms with Crippen LogP contribution in [-0.2, 0) is 10.0 Å².